The quantitative estimate of drug-likeness (QED) is 0.344. The van der Waals surface area contributed by atoms with Gasteiger partial charge in [0.05, 0.1) is 12.4 Å². The Balaban J connectivity index is 1.67. The fraction of sp³-hybridized carbons (Fsp3) is 0.400. The van der Waals surface area contributed by atoms with Gasteiger partial charge in [-0.15, -0.1) is 0 Å². The number of hydrogen-bond donors (Lipinski definition) is 3. The molecule has 9 nitrogen and oxygen atoms in total. The van der Waals surface area contributed by atoms with E-state index in [0.717, 1.165) is 11.1 Å². The van der Waals surface area contributed by atoms with Crippen molar-refractivity contribution < 1.29 is 27.4 Å². The third kappa shape index (κ3) is 4.67. The van der Waals surface area contributed by atoms with Gasteiger partial charge in [0.2, 0.25) is 6.79 Å². The molecular weight excluding hydrogens is 465 g/mol. The molecule has 1 aliphatic heterocycles. The number of halogens is 4. The number of benzene rings is 1. The summed E-state index contributed by atoms with van der Waals surface area (Å²) in [5, 5.41) is 6.87. The molecule has 1 aliphatic rings. The zero-order valence-electron chi connectivity index (χ0n) is 17.6. The molecule has 0 amide bonds. The number of ether oxygens (including phenoxy) is 2. The first-order valence-corrected chi connectivity index (χ1v) is 10.4. The molecule has 2 aromatic heterocycles. The van der Waals surface area contributed by atoms with E-state index in [9.17, 15) is 18.0 Å². The number of H-pyrrole nitrogens is 1. The highest BCUT2D eigenvalue weighted by molar-refractivity contribution is 6.31. The second kappa shape index (κ2) is 9.02. The van der Waals surface area contributed by atoms with Crippen LogP contribution in [-0.2, 0) is 9.53 Å². The number of rotatable bonds is 7. The molecule has 1 atom stereocenters. The zero-order valence-corrected chi connectivity index (χ0v) is 18.3. The van der Waals surface area contributed by atoms with Gasteiger partial charge in [0.15, 0.2) is 11.5 Å². The number of imidazole rings is 1. The van der Waals surface area contributed by atoms with E-state index in [2.05, 4.69) is 35.3 Å². The molecule has 176 valence electrons. The van der Waals surface area contributed by atoms with Crippen LogP contribution in [0.3, 0.4) is 0 Å². The molecule has 3 N–H and O–H groups in total. The molecule has 13 heteroatoms. The van der Waals surface area contributed by atoms with E-state index in [-0.39, 0.29) is 5.92 Å². The lowest BCUT2D eigenvalue weighted by Crippen LogP contribution is -2.40. The average molecular weight is 485 g/mol. The fourth-order valence-electron chi connectivity index (χ4n) is 3.61. The van der Waals surface area contributed by atoms with Gasteiger partial charge in [0.25, 0.3) is 0 Å². The predicted octanol–water partition coefficient (Wildman–Crippen LogP) is 3.62. The number of alkyl halides is 3. The fourth-order valence-corrected chi connectivity index (χ4v) is 3.83. The largest absolute Gasteiger partial charge is 0.491 e. The topological polar surface area (TPSA) is 114 Å². The molecule has 4 rings (SSSR count). The van der Waals surface area contributed by atoms with Crippen molar-refractivity contribution in [2.75, 3.05) is 25.2 Å². The summed E-state index contributed by atoms with van der Waals surface area (Å²) in [5.41, 5.74) is 3.13. The number of esters is 1. The highest BCUT2D eigenvalue weighted by atomic mass is 35.5. The van der Waals surface area contributed by atoms with Crippen LogP contribution in [0.15, 0.2) is 18.7 Å². The molecule has 3 heterocycles. The lowest BCUT2D eigenvalue weighted by atomic mass is 9.86. The van der Waals surface area contributed by atoms with Crippen molar-refractivity contribution in [3.05, 3.63) is 40.4 Å². The van der Waals surface area contributed by atoms with Crippen LogP contribution in [0.4, 0.5) is 19.0 Å². The molecule has 0 bridgehead atoms. The number of nitrogens with one attached hydrogen (secondary N) is 3. The summed E-state index contributed by atoms with van der Waals surface area (Å²) < 4.78 is 47.5. The van der Waals surface area contributed by atoms with Crippen LogP contribution in [0.1, 0.15) is 35.6 Å². The predicted molar refractivity (Wildman–Crippen MR) is 113 cm³/mol. The van der Waals surface area contributed by atoms with Gasteiger partial charge in [-0.25, -0.2) is 19.7 Å². The van der Waals surface area contributed by atoms with Gasteiger partial charge < -0.3 is 25.1 Å². The smallest absolute Gasteiger partial charge is 0.457 e. The summed E-state index contributed by atoms with van der Waals surface area (Å²) in [7, 11) is 0. The minimum Gasteiger partial charge on any atom is -0.457 e. The van der Waals surface area contributed by atoms with Crippen LogP contribution in [0.5, 0.6) is 5.75 Å². The van der Waals surface area contributed by atoms with Gasteiger partial charge >= 0.3 is 12.1 Å². The van der Waals surface area contributed by atoms with Crippen LogP contribution >= 0.6 is 11.6 Å². The first kappa shape index (κ1) is 23.1. The van der Waals surface area contributed by atoms with Crippen LogP contribution in [0, 0.1) is 6.92 Å². The van der Waals surface area contributed by atoms with Crippen molar-refractivity contribution >= 4 is 34.6 Å². The molecule has 0 spiro atoms. The van der Waals surface area contributed by atoms with Gasteiger partial charge in [-0.2, -0.15) is 13.2 Å². The Hall–Kier alpha value is -3.12. The van der Waals surface area contributed by atoms with Crippen LogP contribution in [-0.4, -0.2) is 52.0 Å². The third-order valence-corrected chi connectivity index (χ3v) is 5.80. The summed E-state index contributed by atoms with van der Waals surface area (Å²) in [6.45, 7) is 4.04. The number of anilines is 1. The standard InChI is InChI=1S/C20H20ClF3N6O3/c1-9-13(21)3-12(10(2)30-18-15-17(27-6-26-15)28-7-29-18)16(14(9)11-4-25-5-11)32-8-33-19(31)20(22,23)24/h3,6-7,10-11,25H,4-5,8H2,1-2H3,(H2,26,27,28,29,30). The van der Waals surface area contributed by atoms with Crippen LogP contribution in [0.25, 0.3) is 11.2 Å². The Kier molecular flexibility index (Phi) is 6.30. The van der Waals surface area contributed by atoms with Gasteiger partial charge in [0.1, 0.15) is 17.6 Å². The molecule has 1 unspecified atom stereocenters. The molecular formula is C20H20ClF3N6O3. The van der Waals surface area contributed by atoms with Crippen molar-refractivity contribution in [2.45, 2.75) is 32.0 Å². The maximum absolute atomic E-state index is 12.5. The normalized spacial score (nSPS) is 15.2. The maximum Gasteiger partial charge on any atom is 0.491 e. The molecule has 1 saturated heterocycles. The van der Waals surface area contributed by atoms with E-state index in [0.29, 0.717) is 46.4 Å². The summed E-state index contributed by atoms with van der Waals surface area (Å²) in [5.74, 6) is -1.49. The van der Waals surface area contributed by atoms with Crippen molar-refractivity contribution in [1.29, 1.82) is 0 Å². The van der Waals surface area contributed by atoms with E-state index >= 15 is 0 Å². The van der Waals surface area contributed by atoms with E-state index in [1.54, 1.807) is 6.07 Å². The summed E-state index contributed by atoms with van der Waals surface area (Å²) in [6, 6.07) is 1.24. The molecule has 0 radical (unpaired) electrons. The lowest BCUT2D eigenvalue weighted by molar-refractivity contribution is -0.205. The van der Waals surface area contributed by atoms with Gasteiger partial charge in [0, 0.05) is 35.2 Å². The monoisotopic (exact) mass is 484 g/mol. The van der Waals surface area contributed by atoms with Crippen molar-refractivity contribution in [3.63, 3.8) is 0 Å². The number of carbonyl (C=O) groups is 1. The maximum atomic E-state index is 12.5. The summed E-state index contributed by atoms with van der Waals surface area (Å²) in [4.78, 5) is 26.5. The number of carbonyl (C=O) groups excluding carboxylic acids is 1. The van der Waals surface area contributed by atoms with Crippen molar-refractivity contribution in [1.82, 2.24) is 25.3 Å². The molecule has 0 saturated carbocycles. The summed E-state index contributed by atoms with van der Waals surface area (Å²) in [6.07, 6.45) is -2.26. The number of aromatic amines is 1. The number of nitrogens with zero attached hydrogens (tertiary/aromatic N) is 3. The van der Waals surface area contributed by atoms with Crippen molar-refractivity contribution in [3.8, 4) is 5.75 Å². The number of hydrogen-bond acceptors (Lipinski definition) is 8. The van der Waals surface area contributed by atoms with Crippen LogP contribution in [0.2, 0.25) is 5.02 Å². The van der Waals surface area contributed by atoms with Gasteiger partial charge in [-0.05, 0) is 25.5 Å². The van der Waals surface area contributed by atoms with Gasteiger partial charge in [-0.1, -0.05) is 11.6 Å². The second-order valence-corrected chi connectivity index (χ2v) is 7.96. The van der Waals surface area contributed by atoms with E-state index < -0.39 is 25.0 Å². The van der Waals surface area contributed by atoms with E-state index in [1.165, 1.54) is 12.7 Å². The molecule has 1 aromatic carbocycles. The first-order valence-electron chi connectivity index (χ1n) is 9.97. The van der Waals surface area contributed by atoms with Gasteiger partial charge in [-0.3, -0.25) is 0 Å². The molecule has 33 heavy (non-hydrogen) atoms. The zero-order chi connectivity index (χ0) is 23.8. The lowest BCUT2D eigenvalue weighted by Gasteiger charge is -2.32. The Morgan fingerprint density at radius 3 is 2.76 bits per heavy atom. The Morgan fingerprint density at radius 2 is 2.09 bits per heavy atom. The Morgan fingerprint density at radius 1 is 1.33 bits per heavy atom. The minimum atomic E-state index is -5.11. The first-order chi connectivity index (χ1) is 15.7. The Bertz CT molecular complexity index is 1180. The van der Waals surface area contributed by atoms with Crippen LogP contribution < -0.4 is 15.4 Å². The Labute approximate surface area is 191 Å². The van der Waals surface area contributed by atoms with Crippen molar-refractivity contribution in [2.24, 2.45) is 0 Å². The van der Waals surface area contributed by atoms with E-state index in [4.69, 9.17) is 16.3 Å². The SMILES string of the molecule is Cc1c(Cl)cc(C(C)Nc2ncnc3nc[nH]c23)c(OCOC(=O)C(F)(F)F)c1C1CNC1. The average Bonchev–Trinajstić information content (AvgIpc) is 3.20. The highest BCUT2D eigenvalue weighted by Gasteiger charge is 2.41. The molecule has 0 aliphatic carbocycles. The minimum absolute atomic E-state index is 0.0429. The third-order valence-electron chi connectivity index (χ3n) is 5.41. The summed E-state index contributed by atoms with van der Waals surface area (Å²) >= 11 is 6.51. The second-order valence-electron chi connectivity index (χ2n) is 7.55. The highest BCUT2D eigenvalue weighted by Crippen LogP contribution is 2.42. The molecule has 1 fully saturated rings. The number of aromatic nitrogens is 4. The number of fused-ring (bicyclic) bond motifs is 1. The van der Waals surface area contributed by atoms with E-state index in [1.807, 2.05) is 13.8 Å². The molecule has 3 aromatic rings.